The zero-order chi connectivity index (χ0) is 18.8. The number of carboxylic acid groups (broad SMARTS) is 1. The lowest BCUT2D eigenvalue weighted by atomic mass is 10.1. The van der Waals surface area contributed by atoms with Gasteiger partial charge in [0.15, 0.2) is 6.61 Å². The first kappa shape index (κ1) is 19.3. The molecular weight excluding hydrogens is 334 g/mol. The number of hydrogen-bond donors (Lipinski definition) is 2. The number of hydrogen-bond acceptors (Lipinski definition) is 4. The number of rotatable bonds is 10. The molecule has 0 saturated carbocycles. The SMILES string of the molecule is CC(CCOc1ccccc1)C(=O)NCc1cccc(OCC(=O)O)c1. The number of aliphatic carboxylic acids is 1. The molecule has 138 valence electrons. The summed E-state index contributed by atoms with van der Waals surface area (Å²) in [5.74, 6) is -0.0133. The Morgan fingerprint density at radius 3 is 2.50 bits per heavy atom. The van der Waals surface area contributed by atoms with Gasteiger partial charge in [-0.2, -0.15) is 0 Å². The van der Waals surface area contributed by atoms with Gasteiger partial charge in [0.25, 0.3) is 0 Å². The smallest absolute Gasteiger partial charge is 0.341 e. The summed E-state index contributed by atoms with van der Waals surface area (Å²) >= 11 is 0. The molecule has 2 rings (SSSR count). The first-order valence-electron chi connectivity index (χ1n) is 8.43. The van der Waals surface area contributed by atoms with Crippen molar-refractivity contribution in [2.24, 2.45) is 5.92 Å². The maximum Gasteiger partial charge on any atom is 0.341 e. The summed E-state index contributed by atoms with van der Waals surface area (Å²) in [5.41, 5.74) is 0.842. The van der Waals surface area contributed by atoms with Crippen molar-refractivity contribution in [3.63, 3.8) is 0 Å². The summed E-state index contributed by atoms with van der Waals surface area (Å²) in [5, 5.41) is 11.5. The van der Waals surface area contributed by atoms with Gasteiger partial charge in [-0.3, -0.25) is 4.79 Å². The van der Waals surface area contributed by atoms with Crippen LogP contribution in [-0.4, -0.2) is 30.2 Å². The van der Waals surface area contributed by atoms with Gasteiger partial charge in [0.05, 0.1) is 6.61 Å². The second-order valence-corrected chi connectivity index (χ2v) is 5.90. The summed E-state index contributed by atoms with van der Waals surface area (Å²) in [6.45, 7) is 2.29. The van der Waals surface area contributed by atoms with Crippen molar-refractivity contribution in [1.82, 2.24) is 5.32 Å². The van der Waals surface area contributed by atoms with E-state index in [-0.39, 0.29) is 11.8 Å². The first-order chi connectivity index (χ1) is 12.5. The van der Waals surface area contributed by atoms with E-state index in [0.717, 1.165) is 11.3 Å². The van der Waals surface area contributed by atoms with E-state index < -0.39 is 12.6 Å². The molecule has 0 aliphatic heterocycles. The van der Waals surface area contributed by atoms with E-state index in [4.69, 9.17) is 14.6 Å². The van der Waals surface area contributed by atoms with Crippen molar-refractivity contribution >= 4 is 11.9 Å². The fourth-order valence-electron chi connectivity index (χ4n) is 2.26. The fourth-order valence-corrected chi connectivity index (χ4v) is 2.26. The van der Waals surface area contributed by atoms with Crippen molar-refractivity contribution in [2.45, 2.75) is 19.9 Å². The fraction of sp³-hybridized carbons (Fsp3) is 0.300. The molecule has 0 bridgehead atoms. The van der Waals surface area contributed by atoms with E-state index >= 15 is 0 Å². The number of carbonyl (C=O) groups excluding carboxylic acids is 1. The number of benzene rings is 2. The Kier molecular flexibility index (Phi) is 7.49. The van der Waals surface area contributed by atoms with Crippen molar-refractivity contribution in [1.29, 1.82) is 0 Å². The molecule has 2 aromatic rings. The molecular formula is C20H23NO5. The minimum absolute atomic E-state index is 0.0569. The van der Waals surface area contributed by atoms with Crippen LogP contribution in [0.3, 0.4) is 0 Å². The van der Waals surface area contributed by atoms with Crippen LogP contribution in [0.5, 0.6) is 11.5 Å². The van der Waals surface area contributed by atoms with Gasteiger partial charge >= 0.3 is 5.97 Å². The third kappa shape index (κ3) is 6.84. The average molecular weight is 357 g/mol. The van der Waals surface area contributed by atoms with Gasteiger partial charge in [-0.25, -0.2) is 4.79 Å². The van der Waals surface area contributed by atoms with Crippen LogP contribution in [0.15, 0.2) is 54.6 Å². The number of carbonyl (C=O) groups is 2. The van der Waals surface area contributed by atoms with E-state index in [1.54, 1.807) is 18.2 Å². The molecule has 0 saturated heterocycles. The minimum atomic E-state index is -1.03. The molecule has 0 aliphatic carbocycles. The molecule has 2 N–H and O–H groups in total. The summed E-state index contributed by atoms with van der Waals surface area (Å²) in [6, 6.07) is 16.5. The van der Waals surface area contributed by atoms with Gasteiger partial charge in [0, 0.05) is 12.5 Å². The van der Waals surface area contributed by atoms with Crippen LogP contribution in [0, 0.1) is 5.92 Å². The van der Waals surface area contributed by atoms with Gasteiger partial charge in [0.2, 0.25) is 5.91 Å². The van der Waals surface area contributed by atoms with Crippen molar-refractivity contribution in [3.8, 4) is 11.5 Å². The Bertz CT molecular complexity index is 717. The van der Waals surface area contributed by atoms with Crippen LogP contribution in [0.1, 0.15) is 18.9 Å². The molecule has 0 radical (unpaired) electrons. The highest BCUT2D eigenvalue weighted by Crippen LogP contribution is 2.14. The van der Waals surface area contributed by atoms with Gasteiger partial charge in [-0.1, -0.05) is 37.3 Å². The highest BCUT2D eigenvalue weighted by Gasteiger charge is 2.13. The molecule has 2 aromatic carbocycles. The Morgan fingerprint density at radius 1 is 1.04 bits per heavy atom. The molecule has 0 aromatic heterocycles. The lowest BCUT2D eigenvalue weighted by molar-refractivity contribution is -0.139. The number of carboxylic acids is 1. The summed E-state index contributed by atoms with van der Waals surface area (Å²) in [6.07, 6.45) is 0.614. The highest BCUT2D eigenvalue weighted by atomic mass is 16.5. The summed E-state index contributed by atoms with van der Waals surface area (Å²) in [7, 11) is 0. The Labute approximate surface area is 152 Å². The molecule has 6 nitrogen and oxygen atoms in total. The first-order valence-corrected chi connectivity index (χ1v) is 8.43. The van der Waals surface area contributed by atoms with Gasteiger partial charge in [-0.15, -0.1) is 0 Å². The normalized spacial score (nSPS) is 11.4. The molecule has 1 atom stereocenters. The third-order valence-electron chi connectivity index (χ3n) is 3.74. The second kappa shape index (κ2) is 10.1. The van der Waals surface area contributed by atoms with E-state index in [2.05, 4.69) is 5.32 Å². The van der Waals surface area contributed by atoms with Crippen LogP contribution in [0.2, 0.25) is 0 Å². The van der Waals surface area contributed by atoms with Crippen LogP contribution in [0.4, 0.5) is 0 Å². The summed E-state index contributed by atoms with van der Waals surface area (Å²) in [4.78, 5) is 22.7. The predicted molar refractivity (Wildman–Crippen MR) is 97.1 cm³/mol. The Balaban J connectivity index is 1.73. The van der Waals surface area contributed by atoms with E-state index in [1.165, 1.54) is 0 Å². The van der Waals surface area contributed by atoms with Crippen molar-refractivity contribution in [2.75, 3.05) is 13.2 Å². The lowest BCUT2D eigenvalue weighted by Gasteiger charge is -2.13. The second-order valence-electron chi connectivity index (χ2n) is 5.90. The Morgan fingerprint density at radius 2 is 1.77 bits per heavy atom. The molecule has 26 heavy (non-hydrogen) atoms. The topological polar surface area (TPSA) is 84.9 Å². The Hall–Kier alpha value is -3.02. The van der Waals surface area contributed by atoms with E-state index in [0.29, 0.717) is 25.3 Å². The molecule has 0 heterocycles. The zero-order valence-corrected chi connectivity index (χ0v) is 14.7. The number of amides is 1. The van der Waals surface area contributed by atoms with Crippen molar-refractivity contribution in [3.05, 3.63) is 60.2 Å². The maximum atomic E-state index is 12.2. The molecule has 0 aliphatic rings. The monoisotopic (exact) mass is 357 g/mol. The van der Waals surface area contributed by atoms with Crippen LogP contribution in [-0.2, 0) is 16.1 Å². The van der Waals surface area contributed by atoms with E-state index in [9.17, 15) is 9.59 Å². The van der Waals surface area contributed by atoms with E-state index in [1.807, 2.05) is 43.3 Å². The molecule has 0 spiro atoms. The zero-order valence-electron chi connectivity index (χ0n) is 14.7. The number of nitrogens with one attached hydrogen (secondary N) is 1. The quantitative estimate of drug-likeness (QED) is 0.683. The van der Waals surface area contributed by atoms with Gasteiger partial charge < -0.3 is 19.9 Å². The molecule has 1 unspecified atom stereocenters. The molecule has 1 amide bonds. The predicted octanol–water partition coefficient (Wildman–Crippen LogP) is 2.87. The average Bonchev–Trinajstić information content (AvgIpc) is 2.65. The maximum absolute atomic E-state index is 12.2. The van der Waals surface area contributed by atoms with Crippen LogP contribution >= 0.6 is 0 Å². The standard InChI is InChI=1S/C20H23NO5/c1-15(10-11-25-17-7-3-2-4-8-17)20(24)21-13-16-6-5-9-18(12-16)26-14-19(22)23/h2-9,12,15H,10-11,13-14H2,1H3,(H,21,24)(H,22,23). The minimum Gasteiger partial charge on any atom is -0.494 e. The lowest BCUT2D eigenvalue weighted by Crippen LogP contribution is -2.29. The number of ether oxygens (including phenoxy) is 2. The number of para-hydroxylation sites is 1. The third-order valence-corrected chi connectivity index (χ3v) is 3.74. The molecule has 0 fully saturated rings. The van der Waals surface area contributed by atoms with Crippen molar-refractivity contribution < 1.29 is 24.2 Å². The van der Waals surface area contributed by atoms with Crippen LogP contribution < -0.4 is 14.8 Å². The highest BCUT2D eigenvalue weighted by molar-refractivity contribution is 5.78. The van der Waals surface area contributed by atoms with Gasteiger partial charge in [-0.05, 0) is 36.2 Å². The largest absolute Gasteiger partial charge is 0.494 e. The molecule has 6 heteroatoms. The van der Waals surface area contributed by atoms with Gasteiger partial charge in [0.1, 0.15) is 11.5 Å². The van der Waals surface area contributed by atoms with Crippen LogP contribution in [0.25, 0.3) is 0 Å². The summed E-state index contributed by atoms with van der Waals surface area (Å²) < 4.78 is 10.7.